The molecule has 6 nitrogen and oxygen atoms in total. The quantitative estimate of drug-likeness (QED) is 0.829. The first-order chi connectivity index (χ1) is 11.0. The molecule has 1 aliphatic rings. The van der Waals surface area contributed by atoms with Gasteiger partial charge in [0.2, 0.25) is 11.8 Å². The molecule has 6 heteroatoms. The molecule has 1 aromatic carbocycles. The van der Waals surface area contributed by atoms with E-state index in [1.807, 2.05) is 24.3 Å². The zero-order valence-corrected chi connectivity index (χ0v) is 13.3. The molecular formula is C17H22N2O4. The van der Waals surface area contributed by atoms with Crippen molar-refractivity contribution in [3.05, 3.63) is 29.8 Å². The van der Waals surface area contributed by atoms with Crippen molar-refractivity contribution in [2.75, 3.05) is 25.0 Å². The van der Waals surface area contributed by atoms with E-state index in [4.69, 9.17) is 5.11 Å². The normalized spacial score (nSPS) is 13.6. The van der Waals surface area contributed by atoms with Crippen LogP contribution in [-0.2, 0) is 20.8 Å². The number of carboxylic acids is 1. The van der Waals surface area contributed by atoms with Crippen molar-refractivity contribution < 1.29 is 19.5 Å². The summed E-state index contributed by atoms with van der Waals surface area (Å²) >= 11 is 0. The van der Waals surface area contributed by atoms with E-state index in [0.29, 0.717) is 25.8 Å². The van der Waals surface area contributed by atoms with Crippen LogP contribution in [0.5, 0.6) is 0 Å². The van der Waals surface area contributed by atoms with E-state index in [0.717, 1.165) is 17.7 Å². The number of carbonyl (C=O) groups is 3. The molecule has 0 radical (unpaired) electrons. The molecule has 2 rings (SSSR count). The molecule has 0 unspecified atom stereocenters. The Morgan fingerprint density at radius 3 is 2.70 bits per heavy atom. The number of para-hydroxylation sites is 1. The summed E-state index contributed by atoms with van der Waals surface area (Å²) in [7, 11) is 1.60. The van der Waals surface area contributed by atoms with Crippen molar-refractivity contribution in [3.8, 4) is 0 Å². The van der Waals surface area contributed by atoms with Crippen LogP contribution in [0.3, 0.4) is 0 Å². The van der Waals surface area contributed by atoms with Crippen molar-refractivity contribution in [3.63, 3.8) is 0 Å². The van der Waals surface area contributed by atoms with Gasteiger partial charge in [-0.05, 0) is 24.5 Å². The molecule has 124 valence electrons. The number of nitrogens with zero attached hydrogens (tertiary/aromatic N) is 2. The van der Waals surface area contributed by atoms with Gasteiger partial charge in [0, 0.05) is 38.7 Å². The predicted molar refractivity (Wildman–Crippen MR) is 86.2 cm³/mol. The number of anilines is 1. The lowest BCUT2D eigenvalue weighted by Crippen LogP contribution is -2.36. The van der Waals surface area contributed by atoms with Crippen molar-refractivity contribution >= 4 is 23.5 Å². The highest BCUT2D eigenvalue weighted by atomic mass is 16.4. The molecule has 1 aliphatic heterocycles. The molecule has 0 aromatic heterocycles. The molecular weight excluding hydrogens is 296 g/mol. The van der Waals surface area contributed by atoms with Crippen molar-refractivity contribution in [1.82, 2.24) is 4.90 Å². The van der Waals surface area contributed by atoms with Gasteiger partial charge in [0.15, 0.2) is 0 Å². The van der Waals surface area contributed by atoms with E-state index in [-0.39, 0.29) is 24.8 Å². The Kier molecular flexibility index (Phi) is 5.73. The van der Waals surface area contributed by atoms with Crippen LogP contribution in [0.4, 0.5) is 5.69 Å². The smallest absolute Gasteiger partial charge is 0.305 e. The number of benzene rings is 1. The third kappa shape index (κ3) is 4.55. The molecule has 1 heterocycles. The summed E-state index contributed by atoms with van der Waals surface area (Å²) in [5.74, 6) is -0.917. The van der Waals surface area contributed by atoms with E-state index in [9.17, 15) is 14.4 Å². The Balaban J connectivity index is 1.85. The van der Waals surface area contributed by atoms with Gasteiger partial charge in [0.1, 0.15) is 0 Å². The van der Waals surface area contributed by atoms with Crippen LogP contribution in [0.2, 0.25) is 0 Å². The number of rotatable bonds is 7. The number of aliphatic carboxylic acids is 1. The summed E-state index contributed by atoms with van der Waals surface area (Å²) in [6.45, 7) is 0.716. The summed E-state index contributed by atoms with van der Waals surface area (Å²) in [5.41, 5.74) is 2.10. The van der Waals surface area contributed by atoms with E-state index < -0.39 is 5.97 Å². The van der Waals surface area contributed by atoms with Crippen LogP contribution in [0.25, 0.3) is 0 Å². The Hall–Kier alpha value is -2.37. The molecule has 0 atom stereocenters. The van der Waals surface area contributed by atoms with E-state index in [1.165, 1.54) is 4.90 Å². The summed E-state index contributed by atoms with van der Waals surface area (Å²) in [4.78, 5) is 37.8. The standard InChI is InChI=1S/C17H22N2O4/c1-18(12-10-17(22)23)15(20)7-4-11-19-14-6-3-2-5-13(14)8-9-16(19)21/h2-3,5-6H,4,7-12H2,1H3,(H,22,23). The van der Waals surface area contributed by atoms with Crippen molar-refractivity contribution in [2.24, 2.45) is 0 Å². The van der Waals surface area contributed by atoms with E-state index in [2.05, 4.69) is 0 Å². The van der Waals surface area contributed by atoms with Crippen LogP contribution in [-0.4, -0.2) is 47.9 Å². The molecule has 2 amide bonds. The highest BCUT2D eigenvalue weighted by Crippen LogP contribution is 2.27. The average molecular weight is 318 g/mol. The van der Waals surface area contributed by atoms with Gasteiger partial charge in [-0.15, -0.1) is 0 Å². The Morgan fingerprint density at radius 1 is 1.22 bits per heavy atom. The third-order valence-corrected chi connectivity index (χ3v) is 4.05. The fourth-order valence-corrected chi connectivity index (χ4v) is 2.71. The number of fused-ring (bicyclic) bond motifs is 1. The molecule has 0 bridgehead atoms. The molecule has 0 saturated heterocycles. The van der Waals surface area contributed by atoms with Crippen molar-refractivity contribution in [1.29, 1.82) is 0 Å². The van der Waals surface area contributed by atoms with Gasteiger partial charge in [-0.2, -0.15) is 0 Å². The van der Waals surface area contributed by atoms with Crippen LogP contribution < -0.4 is 4.90 Å². The minimum atomic E-state index is -0.917. The first kappa shape index (κ1) is 17.0. The number of carboxylic acid groups (broad SMARTS) is 1. The van der Waals surface area contributed by atoms with Gasteiger partial charge in [-0.25, -0.2) is 0 Å². The lowest BCUT2D eigenvalue weighted by atomic mass is 10.0. The fraction of sp³-hybridized carbons (Fsp3) is 0.471. The van der Waals surface area contributed by atoms with Crippen molar-refractivity contribution in [2.45, 2.75) is 32.1 Å². The van der Waals surface area contributed by atoms with Gasteiger partial charge in [0.05, 0.1) is 6.42 Å². The number of hydrogen-bond donors (Lipinski definition) is 1. The summed E-state index contributed by atoms with van der Waals surface area (Å²) < 4.78 is 0. The highest BCUT2D eigenvalue weighted by Gasteiger charge is 2.23. The zero-order valence-electron chi connectivity index (χ0n) is 13.3. The first-order valence-corrected chi connectivity index (χ1v) is 7.83. The monoisotopic (exact) mass is 318 g/mol. The first-order valence-electron chi connectivity index (χ1n) is 7.83. The van der Waals surface area contributed by atoms with Gasteiger partial charge in [-0.3, -0.25) is 14.4 Å². The summed E-state index contributed by atoms with van der Waals surface area (Å²) in [6.07, 6.45) is 2.09. The molecule has 0 fully saturated rings. The molecule has 0 saturated carbocycles. The minimum Gasteiger partial charge on any atom is -0.481 e. The number of hydrogen-bond acceptors (Lipinski definition) is 3. The van der Waals surface area contributed by atoms with E-state index >= 15 is 0 Å². The highest BCUT2D eigenvalue weighted by molar-refractivity contribution is 5.96. The minimum absolute atomic E-state index is 0.0553. The SMILES string of the molecule is CN(CCC(=O)O)C(=O)CCCN1C(=O)CCc2ccccc21. The van der Waals surface area contributed by atoms with Crippen LogP contribution in [0.15, 0.2) is 24.3 Å². The maximum Gasteiger partial charge on any atom is 0.305 e. The van der Waals surface area contributed by atoms with Gasteiger partial charge >= 0.3 is 5.97 Å². The topological polar surface area (TPSA) is 77.9 Å². The molecule has 23 heavy (non-hydrogen) atoms. The van der Waals surface area contributed by atoms with Crippen LogP contribution in [0, 0.1) is 0 Å². The number of carbonyl (C=O) groups excluding carboxylic acids is 2. The molecule has 0 spiro atoms. The Morgan fingerprint density at radius 2 is 1.96 bits per heavy atom. The van der Waals surface area contributed by atoms with Gasteiger partial charge < -0.3 is 14.9 Å². The molecule has 1 aromatic rings. The lowest BCUT2D eigenvalue weighted by Gasteiger charge is -2.29. The maximum absolute atomic E-state index is 12.1. The predicted octanol–water partition coefficient (Wildman–Crippen LogP) is 1.68. The van der Waals surface area contributed by atoms with Gasteiger partial charge in [0.25, 0.3) is 0 Å². The lowest BCUT2D eigenvalue weighted by molar-refractivity contribution is -0.138. The second-order valence-electron chi connectivity index (χ2n) is 5.74. The Bertz CT molecular complexity index is 600. The second kappa shape index (κ2) is 7.76. The fourth-order valence-electron chi connectivity index (χ4n) is 2.71. The molecule has 1 N–H and O–H groups in total. The number of amides is 2. The number of aryl methyl sites for hydroxylation is 1. The summed E-state index contributed by atoms with van der Waals surface area (Å²) in [6, 6.07) is 7.84. The van der Waals surface area contributed by atoms with E-state index in [1.54, 1.807) is 11.9 Å². The van der Waals surface area contributed by atoms with Crippen LogP contribution in [0.1, 0.15) is 31.2 Å². The largest absolute Gasteiger partial charge is 0.481 e. The Labute approximate surface area is 135 Å². The second-order valence-corrected chi connectivity index (χ2v) is 5.74. The van der Waals surface area contributed by atoms with Gasteiger partial charge in [-0.1, -0.05) is 18.2 Å². The third-order valence-electron chi connectivity index (χ3n) is 4.05. The summed E-state index contributed by atoms with van der Waals surface area (Å²) in [5, 5.41) is 8.63. The van der Waals surface area contributed by atoms with Crippen LogP contribution >= 0.6 is 0 Å². The molecule has 0 aliphatic carbocycles. The zero-order chi connectivity index (χ0) is 16.8. The average Bonchev–Trinajstić information content (AvgIpc) is 2.54. The maximum atomic E-state index is 12.1.